The lowest BCUT2D eigenvalue weighted by atomic mass is 10.1. The van der Waals surface area contributed by atoms with Crippen LogP contribution >= 0.6 is 22.6 Å². The SMILES string of the molecule is O=[N+]([O-])c1cccc(CO/N=C\c2ccc(OCc3cccc4ccccc34)c(I)c2)c1. The molecule has 0 radical (unpaired) electrons. The lowest BCUT2D eigenvalue weighted by molar-refractivity contribution is -0.384. The molecule has 0 atom stereocenters. The summed E-state index contributed by atoms with van der Waals surface area (Å²) in [6.45, 7) is 0.638. The molecule has 0 fully saturated rings. The monoisotopic (exact) mass is 538 g/mol. The average Bonchev–Trinajstić information content (AvgIpc) is 2.81. The maximum absolute atomic E-state index is 10.8. The van der Waals surface area contributed by atoms with Crippen molar-refractivity contribution >= 4 is 45.3 Å². The summed E-state index contributed by atoms with van der Waals surface area (Å²) in [6.07, 6.45) is 1.61. The smallest absolute Gasteiger partial charge is 0.269 e. The minimum absolute atomic E-state index is 0.0312. The molecule has 0 spiro atoms. The molecule has 0 saturated carbocycles. The molecule has 0 unspecified atom stereocenters. The Morgan fingerprint density at radius 2 is 1.75 bits per heavy atom. The number of nitro benzene ring substituents is 1. The van der Waals surface area contributed by atoms with E-state index in [4.69, 9.17) is 9.57 Å². The number of nitrogens with zero attached hydrogens (tertiary/aromatic N) is 2. The fourth-order valence-electron chi connectivity index (χ4n) is 3.26. The summed E-state index contributed by atoms with van der Waals surface area (Å²) in [5, 5.41) is 17.2. The molecule has 0 aliphatic heterocycles. The van der Waals surface area contributed by atoms with Crippen molar-refractivity contribution in [2.45, 2.75) is 13.2 Å². The van der Waals surface area contributed by atoms with Crippen LogP contribution in [-0.4, -0.2) is 11.1 Å². The zero-order valence-corrected chi connectivity index (χ0v) is 19.1. The van der Waals surface area contributed by atoms with Crippen molar-refractivity contribution in [1.29, 1.82) is 0 Å². The molecule has 0 heterocycles. The van der Waals surface area contributed by atoms with Crippen LogP contribution in [0.2, 0.25) is 0 Å². The summed E-state index contributed by atoms with van der Waals surface area (Å²) in [7, 11) is 0. The predicted octanol–water partition coefficient (Wildman–Crippen LogP) is 6.48. The number of rotatable bonds is 8. The van der Waals surface area contributed by atoms with Gasteiger partial charge in [-0.1, -0.05) is 59.8 Å². The third kappa shape index (κ3) is 5.42. The number of hydrogen-bond acceptors (Lipinski definition) is 5. The number of non-ortho nitro benzene ring substituents is 1. The molecule has 32 heavy (non-hydrogen) atoms. The van der Waals surface area contributed by atoms with Gasteiger partial charge in [-0.05, 0) is 68.3 Å². The van der Waals surface area contributed by atoms with Crippen LogP contribution in [0.3, 0.4) is 0 Å². The van der Waals surface area contributed by atoms with Gasteiger partial charge in [-0.25, -0.2) is 0 Å². The molecule has 0 N–H and O–H groups in total. The standard InChI is InChI=1S/C25H19IN2O4/c26-24-14-18(15-27-32-16-19-5-3-9-22(13-19)28(29)30)11-12-25(24)31-17-21-8-4-7-20-6-1-2-10-23(20)21/h1-15H,16-17H2/b27-15-. The second-order valence-electron chi connectivity index (χ2n) is 7.05. The molecular formula is C25H19IN2O4. The lowest BCUT2D eigenvalue weighted by Crippen LogP contribution is -1.98. The topological polar surface area (TPSA) is 74.0 Å². The average molecular weight is 538 g/mol. The predicted molar refractivity (Wildman–Crippen MR) is 133 cm³/mol. The Bertz CT molecular complexity index is 1280. The first kappa shape index (κ1) is 21.8. The number of hydrogen-bond donors (Lipinski definition) is 0. The number of fused-ring (bicyclic) bond motifs is 1. The highest BCUT2D eigenvalue weighted by atomic mass is 127. The van der Waals surface area contributed by atoms with Gasteiger partial charge in [0.15, 0.2) is 0 Å². The highest BCUT2D eigenvalue weighted by molar-refractivity contribution is 14.1. The highest BCUT2D eigenvalue weighted by Crippen LogP contribution is 2.25. The van der Waals surface area contributed by atoms with E-state index in [1.807, 2.05) is 36.4 Å². The molecule has 0 aliphatic carbocycles. The second kappa shape index (κ2) is 10.2. The maximum atomic E-state index is 10.8. The zero-order valence-electron chi connectivity index (χ0n) is 17.0. The van der Waals surface area contributed by atoms with Crippen molar-refractivity contribution in [1.82, 2.24) is 0 Å². The first-order chi connectivity index (χ1) is 15.6. The first-order valence-corrected chi connectivity index (χ1v) is 11.0. The van der Waals surface area contributed by atoms with Crippen molar-refractivity contribution < 1.29 is 14.5 Å². The summed E-state index contributed by atoms with van der Waals surface area (Å²) in [6, 6.07) is 26.5. The molecule has 0 aromatic heterocycles. The van der Waals surface area contributed by atoms with Crippen LogP contribution in [0.15, 0.2) is 90.1 Å². The molecular weight excluding hydrogens is 519 g/mol. The van der Waals surface area contributed by atoms with Gasteiger partial charge < -0.3 is 9.57 Å². The van der Waals surface area contributed by atoms with Gasteiger partial charge in [0, 0.05) is 12.1 Å². The largest absolute Gasteiger partial charge is 0.488 e. The van der Waals surface area contributed by atoms with E-state index in [1.54, 1.807) is 18.3 Å². The molecule has 160 valence electrons. The third-order valence-electron chi connectivity index (χ3n) is 4.85. The third-order valence-corrected chi connectivity index (χ3v) is 5.69. The summed E-state index contributed by atoms with van der Waals surface area (Å²) >= 11 is 2.24. The molecule has 0 aliphatic rings. The number of oxime groups is 1. The first-order valence-electron chi connectivity index (χ1n) is 9.88. The Morgan fingerprint density at radius 1 is 0.938 bits per heavy atom. The Balaban J connectivity index is 1.35. The van der Waals surface area contributed by atoms with Crippen molar-refractivity contribution in [3.8, 4) is 5.75 Å². The molecule has 0 bridgehead atoms. The molecule has 0 amide bonds. The van der Waals surface area contributed by atoms with Crippen LogP contribution in [0.5, 0.6) is 5.75 Å². The molecule has 7 heteroatoms. The van der Waals surface area contributed by atoms with E-state index in [-0.39, 0.29) is 12.3 Å². The van der Waals surface area contributed by atoms with Crippen LogP contribution in [0.1, 0.15) is 16.7 Å². The van der Waals surface area contributed by atoms with Crippen LogP contribution in [-0.2, 0) is 18.1 Å². The van der Waals surface area contributed by atoms with E-state index in [2.05, 4.69) is 52.0 Å². The summed E-state index contributed by atoms with van der Waals surface area (Å²) in [4.78, 5) is 15.7. The fourth-order valence-corrected chi connectivity index (χ4v) is 3.95. The Labute approximate surface area is 198 Å². The number of halogens is 1. The van der Waals surface area contributed by atoms with E-state index < -0.39 is 4.92 Å². The molecule has 4 aromatic rings. The minimum Gasteiger partial charge on any atom is -0.488 e. The Kier molecular flexibility index (Phi) is 6.96. The van der Waals surface area contributed by atoms with Crippen LogP contribution in [0.4, 0.5) is 5.69 Å². The normalized spacial score (nSPS) is 11.0. The lowest BCUT2D eigenvalue weighted by Gasteiger charge is -2.11. The Hall–Kier alpha value is -3.46. The van der Waals surface area contributed by atoms with E-state index in [1.165, 1.54) is 22.9 Å². The van der Waals surface area contributed by atoms with E-state index in [0.29, 0.717) is 12.2 Å². The number of benzene rings is 4. The van der Waals surface area contributed by atoms with Crippen LogP contribution in [0.25, 0.3) is 10.8 Å². The van der Waals surface area contributed by atoms with Gasteiger partial charge in [-0.2, -0.15) is 0 Å². The highest BCUT2D eigenvalue weighted by Gasteiger charge is 2.07. The van der Waals surface area contributed by atoms with Crippen LogP contribution in [0, 0.1) is 13.7 Å². The number of nitro groups is 1. The minimum atomic E-state index is -0.432. The van der Waals surface area contributed by atoms with Crippen molar-refractivity contribution in [3.05, 3.63) is 115 Å². The van der Waals surface area contributed by atoms with Gasteiger partial charge in [0.25, 0.3) is 5.69 Å². The van der Waals surface area contributed by atoms with Gasteiger partial charge in [0.05, 0.1) is 14.7 Å². The molecule has 0 saturated heterocycles. The van der Waals surface area contributed by atoms with E-state index in [9.17, 15) is 10.1 Å². The van der Waals surface area contributed by atoms with Gasteiger partial charge in [0.1, 0.15) is 19.0 Å². The van der Waals surface area contributed by atoms with E-state index in [0.717, 1.165) is 20.4 Å². The van der Waals surface area contributed by atoms with E-state index >= 15 is 0 Å². The van der Waals surface area contributed by atoms with Gasteiger partial charge >= 0.3 is 0 Å². The van der Waals surface area contributed by atoms with Gasteiger partial charge in [-0.3, -0.25) is 10.1 Å². The quantitative estimate of drug-likeness (QED) is 0.111. The van der Waals surface area contributed by atoms with Crippen molar-refractivity contribution in [2.24, 2.45) is 5.16 Å². The summed E-state index contributed by atoms with van der Waals surface area (Å²) in [5.41, 5.74) is 2.72. The van der Waals surface area contributed by atoms with Gasteiger partial charge in [-0.15, -0.1) is 0 Å². The molecule has 4 aromatic carbocycles. The molecule has 4 rings (SSSR count). The number of ether oxygens (including phenoxy) is 1. The second-order valence-corrected chi connectivity index (χ2v) is 8.21. The van der Waals surface area contributed by atoms with Crippen molar-refractivity contribution in [3.63, 3.8) is 0 Å². The fraction of sp³-hybridized carbons (Fsp3) is 0.0800. The maximum Gasteiger partial charge on any atom is 0.269 e. The Morgan fingerprint density at radius 3 is 2.59 bits per heavy atom. The van der Waals surface area contributed by atoms with Crippen LogP contribution < -0.4 is 4.74 Å². The zero-order chi connectivity index (χ0) is 22.3. The van der Waals surface area contributed by atoms with Crippen molar-refractivity contribution in [2.75, 3.05) is 0 Å². The molecule has 6 nitrogen and oxygen atoms in total. The van der Waals surface area contributed by atoms with Gasteiger partial charge in [0.2, 0.25) is 0 Å². The summed E-state index contributed by atoms with van der Waals surface area (Å²) < 4.78 is 7.03. The summed E-state index contributed by atoms with van der Waals surface area (Å²) in [5.74, 6) is 0.799.